The predicted molar refractivity (Wildman–Crippen MR) is 115 cm³/mol. The van der Waals surface area contributed by atoms with Gasteiger partial charge in [-0.25, -0.2) is 0 Å². The number of nitrogens with one attached hydrogen (secondary N) is 3. The van der Waals surface area contributed by atoms with Crippen LogP contribution in [-0.2, 0) is 6.54 Å². The van der Waals surface area contributed by atoms with Crippen molar-refractivity contribution in [3.05, 3.63) is 65.7 Å². The molecule has 0 saturated carbocycles. The van der Waals surface area contributed by atoms with Gasteiger partial charge < -0.3 is 31.3 Å². The van der Waals surface area contributed by atoms with Gasteiger partial charge in [0, 0.05) is 29.3 Å². The Morgan fingerprint density at radius 1 is 1.17 bits per heavy atom. The summed E-state index contributed by atoms with van der Waals surface area (Å²) >= 11 is 0. The van der Waals surface area contributed by atoms with E-state index < -0.39 is 6.23 Å². The van der Waals surface area contributed by atoms with Crippen molar-refractivity contribution in [3.63, 3.8) is 0 Å². The van der Waals surface area contributed by atoms with Gasteiger partial charge in [-0.05, 0) is 37.7 Å². The van der Waals surface area contributed by atoms with Crippen molar-refractivity contribution in [1.82, 2.24) is 21.1 Å². The van der Waals surface area contributed by atoms with Crippen molar-refractivity contribution in [2.45, 2.75) is 19.2 Å². The fraction of sp³-hybridized carbons (Fsp3) is 0.273. The number of aromatic nitrogens is 1. The molecule has 0 bridgehead atoms. The van der Waals surface area contributed by atoms with Gasteiger partial charge in [0.15, 0.2) is 5.76 Å². The zero-order valence-corrected chi connectivity index (χ0v) is 16.9. The molecule has 0 fully saturated rings. The molecule has 1 atom stereocenters. The predicted octanol–water partition coefficient (Wildman–Crippen LogP) is 1.67. The first-order valence-corrected chi connectivity index (χ1v) is 9.80. The molecule has 2 aromatic carbocycles. The van der Waals surface area contributed by atoms with E-state index in [-0.39, 0.29) is 5.91 Å². The summed E-state index contributed by atoms with van der Waals surface area (Å²) in [7, 11) is 1.77. The Morgan fingerprint density at radius 3 is 2.70 bits per heavy atom. The highest BCUT2D eigenvalue weighted by atomic mass is 16.5. The molecule has 1 unspecified atom stereocenters. The fourth-order valence-electron chi connectivity index (χ4n) is 2.91. The summed E-state index contributed by atoms with van der Waals surface area (Å²) in [4.78, 5) is 12.2. The third-order valence-corrected chi connectivity index (χ3v) is 4.54. The first kappa shape index (κ1) is 21.7. The molecule has 0 radical (unpaired) electrons. The highest BCUT2D eigenvalue weighted by Crippen LogP contribution is 2.26. The zero-order chi connectivity index (χ0) is 21.3. The summed E-state index contributed by atoms with van der Waals surface area (Å²) in [6, 6.07) is 17.1. The highest BCUT2D eigenvalue weighted by Gasteiger charge is 2.11. The number of nitrogens with zero attached hydrogens (tertiary/aromatic N) is 1. The summed E-state index contributed by atoms with van der Waals surface area (Å²) in [5.74, 6) is 0.501. The van der Waals surface area contributed by atoms with Gasteiger partial charge in [0.05, 0.1) is 6.67 Å². The van der Waals surface area contributed by atoms with E-state index in [1.807, 2.05) is 42.5 Å². The summed E-state index contributed by atoms with van der Waals surface area (Å²) in [5.41, 5.74) is 9.39. The van der Waals surface area contributed by atoms with Gasteiger partial charge in [-0.1, -0.05) is 41.6 Å². The number of hydrogen-bond acceptors (Lipinski definition) is 7. The van der Waals surface area contributed by atoms with E-state index in [9.17, 15) is 4.79 Å². The Labute approximate surface area is 175 Å². The first-order valence-electron chi connectivity index (χ1n) is 9.80. The molecule has 158 valence electrons. The van der Waals surface area contributed by atoms with Crippen LogP contribution < -0.4 is 21.7 Å². The largest absolute Gasteiger partial charge is 0.379 e. The third kappa shape index (κ3) is 5.98. The van der Waals surface area contributed by atoms with Crippen LogP contribution in [0.5, 0.6) is 0 Å². The Bertz CT molecular complexity index is 953. The molecular formula is C22H27N5O3. The van der Waals surface area contributed by atoms with Crippen molar-refractivity contribution >= 4 is 5.91 Å². The second-order valence-electron chi connectivity index (χ2n) is 6.92. The number of aliphatic hydroxyl groups excluding tert-OH is 1. The van der Waals surface area contributed by atoms with Crippen LogP contribution in [0, 0.1) is 0 Å². The Balaban J connectivity index is 1.65. The molecule has 0 saturated heterocycles. The molecule has 1 amide bonds. The number of carbonyl (C=O) groups is 1. The van der Waals surface area contributed by atoms with Gasteiger partial charge in [0.25, 0.3) is 5.91 Å². The first-order chi connectivity index (χ1) is 14.6. The molecule has 30 heavy (non-hydrogen) atoms. The Morgan fingerprint density at radius 2 is 1.97 bits per heavy atom. The van der Waals surface area contributed by atoms with Gasteiger partial charge in [-0.3, -0.25) is 4.79 Å². The lowest BCUT2D eigenvalue weighted by atomic mass is 10.1. The van der Waals surface area contributed by atoms with E-state index in [0.29, 0.717) is 43.2 Å². The van der Waals surface area contributed by atoms with E-state index in [0.717, 1.165) is 16.7 Å². The van der Waals surface area contributed by atoms with Crippen LogP contribution >= 0.6 is 0 Å². The molecular weight excluding hydrogens is 382 g/mol. The lowest BCUT2D eigenvalue weighted by Gasteiger charge is -2.07. The molecule has 3 aromatic rings. The lowest BCUT2D eigenvalue weighted by Crippen LogP contribution is -2.31. The molecule has 8 heteroatoms. The van der Waals surface area contributed by atoms with Gasteiger partial charge in [0.1, 0.15) is 11.9 Å². The van der Waals surface area contributed by atoms with Crippen molar-refractivity contribution in [2.75, 3.05) is 20.3 Å². The summed E-state index contributed by atoms with van der Waals surface area (Å²) in [6.07, 6.45) is -0.277. The summed E-state index contributed by atoms with van der Waals surface area (Å²) < 4.78 is 5.52. The second-order valence-corrected chi connectivity index (χ2v) is 6.92. The normalized spacial score (nSPS) is 12.0. The van der Waals surface area contributed by atoms with E-state index in [2.05, 4.69) is 21.1 Å². The maximum Gasteiger partial charge on any atom is 0.252 e. The molecule has 0 aliphatic carbocycles. The van der Waals surface area contributed by atoms with Crippen LogP contribution in [0.25, 0.3) is 22.6 Å². The molecule has 1 aromatic heterocycles. The number of nitrogens with two attached hydrogens (primary N) is 1. The van der Waals surface area contributed by atoms with E-state index in [1.165, 1.54) is 0 Å². The molecule has 0 aliphatic rings. The number of rotatable bonds is 10. The number of aliphatic hydroxyl groups is 1. The van der Waals surface area contributed by atoms with Crippen molar-refractivity contribution < 1.29 is 14.4 Å². The van der Waals surface area contributed by atoms with Crippen LogP contribution in [-0.4, -0.2) is 42.7 Å². The topological polar surface area (TPSA) is 125 Å². The van der Waals surface area contributed by atoms with Gasteiger partial charge >= 0.3 is 0 Å². The van der Waals surface area contributed by atoms with E-state index in [4.69, 9.17) is 15.4 Å². The third-order valence-electron chi connectivity index (χ3n) is 4.54. The number of amides is 1. The monoisotopic (exact) mass is 409 g/mol. The molecule has 6 N–H and O–H groups in total. The van der Waals surface area contributed by atoms with Crippen molar-refractivity contribution in [3.8, 4) is 22.6 Å². The minimum absolute atomic E-state index is 0.153. The van der Waals surface area contributed by atoms with Crippen LogP contribution in [0.1, 0.15) is 22.3 Å². The quantitative estimate of drug-likeness (QED) is 0.255. The standard InChI is InChI=1S/C22H27N5O3/c1-24-14-26-22(29)18-4-2-3-17(11-18)19-12-20(30-27-19)16-7-5-15(6-8-16)13-25-10-9-21(23)28/h2-8,11-12,21,24-25,28H,9-10,13-14,23H2,1H3,(H,26,29). The van der Waals surface area contributed by atoms with Crippen LogP contribution in [0.2, 0.25) is 0 Å². The summed E-state index contributed by atoms with van der Waals surface area (Å²) in [5, 5.41) is 22.1. The average Bonchev–Trinajstić information content (AvgIpc) is 3.26. The number of carbonyl (C=O) groups excluding carboxylic acids is 1. The average molecular weight is 409 g/mol. The maximum atomic E-state index is 12.2. The van der Waals surface area contributed by atoms with Crippen LogP contribution in [0.3, 0.4) is 0 Å². The van der Waals surface area contributed by atoms with Gasteiger partial charge in [-0.15, -0.1) is 0 Å². The van der Waals surface area contributed by atoms with Crippen molar-refractivity contribution in [2.24, 2.45) is 5.73 Å². The lowest BCUT2D eigenvalue weighted by molar-refractivity contribution is 0.0951. The minimum Gasteiger partial charge on any atom is -0.379 e. The Hall–Kier alpha value is -3.04. The maximum absolute atomic E-state index is 12.2. The second kappa shape index (κ2) is 10.7. The van der Waals surface area contributed by atoms with Gasteiger partial charge in [-0.2, -0.15) is 0 Å². The smallest absolute Gasteiger partial charge is 0.252 e. The molecule has 8 nitrogen and oxygen atoms in total. The minimum atomic E-state index is -0.788. The molecule has 0 spiro atoms. The van der Waals surface area contributed by atoms with E-state index >= 15 is 0 Å². The highest BCUT2D eigenvalue weighted by molar-refractivity contribution is 5.95. The molecule has 1 heterocycles. The van der Waals surface area contributed by atoms with Crippen molar-refractivity contribution in [1.29, 1.82) is 0 Å². The number of benzene rings is 2. The van der Waals surface area contributed by atoms with Crippen LogP contribution in [0.4, 0.5) is 0 Å². The molecule has 0 aliphatic heterocycles. The summed E-state index contributed by atoms with van der Waals surface area (Å²) in [6.45, 7) is 1.74. The van der Waals surface area contributed by atoms with Crippen LogP contribution in [0.15, 0.2) is 59.1 Å². The number of hydrogen-bond donors (Lipinski definition) is 5. The zero-order valence-electron chi connectivity index (χ0n) is 16.9. The molecule has 3 rings (SSSR count). The Kier molecular flexibility index (Phi) is 7.69. The SMILES string of the molecule is CNCNC(=O)c1cccc(-c2cc(-c3ccc(CNCCC(N)O)cc3)on2)c1. The fourth-order valence-corrected chi connectivity index (χ4v) is 2.91. The van der Waals surface area contributed by atoms with E-state index in [1.54, 1.807) is 19.2 Å². The van der Waals surface area contributed by atoms with Gasteiger partial charge in [0.2, 0.25) is 0 Å².